The number of halogens is 2. The minimum atomic E-state index is -0.470. The second kappa shape index (κ2) is 4.44. The molecule has 0 amide bonds. The van der Waals surface area contributed by atoms with Crippen molar-refractivity contribution >= 4 is 27.7 Å². The highest BCUT2D eigenvalue weighted by atomic mass is 79.9. The molecule has 2 rings (SSSR count). The summed E-state index contributed by atoms with van der Waals surface area (Å²) in [5.74, 6) is 0.502. The number of thioether (sulfide) groups is 1. The third-order valence-corrected chi connectivity index (χ3v) is 4.73. The Morgan fingerprint density at radius 2 is 2.27 bits per heavy atom. The molecule has 1 aromatic carbocycles. The zero-order valence-electron chi connectivity index (χ0n) is 8.34. The van der Waals surface area contributed by atoms with Crippen LogP contribution in [0.15, 0.2) is 16.6 Å². The van der Waals surface area contributed by atoms with Crippen LogP contribution >= 0.6 is 27.7 Å². The zero-order chi connectivity index (χ0) is 11.0. The van der Waals surface area contributed by atoms with Crippen LogP contribution in [-0.2, 0) is 5.75 Å². The van der Waals surface area contributed by atoms with E-state index in [0.29, 0.717) is 9.72 Å². The van der Waals surface area contributed by atoms with Gasteiger partial charge in [0.25, 0.3) is 0 Å². The summed E-state index contributed by atoms with van der Waals surface area (Å²) in [5.41, 5.74) is 1.76. The first-order valence-corrected chi connectivity index (χ1v) is 6.70. The van der Waals surface area contributed by atoms with Crippen LogP contribution in [0.25, 0.3) is 0 Å². The largest absolute Gasteiger partial charge is 0.388 e. The smallest absolute Gasteiger partial charge is 0.137 e. The molecule has 0 aromatic heterocycles. The number of hydrogen-bond donors (Lipinski definition) is 1. The minimum Gasteiger partial charge on any atom is -0.388 e. The van der Waals surface area contributed by atoms with Gasteiger partial charge in [0.2, 0.25) is 0 Å². The molecule has 0 fully saturated rings. The second-order valence-corrected chi connectivity index (χ2v) is 6.02. The van der Waals surface area contributed by atoms with E-state index in [0.717, 1.165) is 23.3 Å². The maximum atomic E-state index is 13.3. The molecule has 1 aliphatic rings. The van der Waals surface area contributed by atoms with E-state index in [1.807, 2.05) is 0 Å². The first kappa shape index (κ1) is 11.4. The summed E-state index contributed by atoms with van der Waals surface area (Å²) >= 11 is 5.00. The van der Waals surface area contributed by atoms with Gasteiger partial charge in [0.15, 0.2) is 0 Å². The lowest BCUT2D eigenvalue weighted by atomic mass is 10.0. The normalized spacial score (nSPS) is 25.9. The van der Waals surface area contributed by atoms with Crippen molar-refractivity contribution in [3.8, 4) is 0 Å². The van der Waals surface area contributed by atoms with Crippen molar-refractivity contribution in [2.75, 3.05) is 0 Å². The van der Waals surface area contributed by atoms with Gasteiger partial charge in [0, 0.05) is 11.0 Å². The van der Waals surface area contributed by atoms with Crippen LogP contribution in [-0.4, -0.2) is 10.4 Å². The lowest BCUT2D eigenvalue weighted by Crippen LogP contribution is -2.04. The van der Waals surface area contributed by atoms with E-state index in [4.69, 9.17) is 0 Å². The highest BCUT2D eigenvalue weighted by Crippen LogP contribution is 2.38. The van der Waals surface area contributed by atoms with E-state index in [1.165, 1.54) is 6.07 Å². The molecule has 2 atom stereocenters. The summed E-state index contributed by atoms with van der Waals surface area (Å²) in [5, 5.41) is 10.4. The van der Waals surface area contributed by atoms with Gasteiger partial charge in [-0.15, -0.1) is 0 Å². The van der Waals surface area contributed by atoms with E-state index in [-0.39, 0.29) is 5.82 Å². The lowest BCUT2D eigenvalue weighted by Gasteiger charge is -2.13. The van der Waals surface area contributed by atoms with E-state index in [2.05, 4.69) is 22.9 Å². The molecule has 15 heavy (non-hydrogen) atoms. The van der Waals surface area contributed by atoms with Crippen LogP contribution in [0.2, 0.25) is 0 Å². The fourth-order valence-corrected chi connectivity index (χ4v) is 3.57. The molecule has 1 heterocycles. The van der Waals surface area contributed by atoms with Crippen molar-refractivity contribution in [3.05, 3.63) is 33.5 Å². The van der Waals surface area contributed by atoms with E-state index < -0.39 is 6.10 Å². The highest BCUT2D eigenvalue weighted by molar-refractivity contribution is 9.10. The molecule has 1 aromatic rings. The van der Waals surface area contributed by atoms with Gasteiger partial charge in [-0.25, -0.2) is 4.39 Å². The number of fused-ring (bicyclic) bond motifs is 1. The SMILES string of the molecule is CC1C[C@@H](O)c2ccc(F)c(Br)c2CS1. The Labute approximate surface area is 101 Å². The number of hydrogen-bond acceptors (Lipinski definition) is 2. The van der Waals surface area contributed by atoms with Crippen LogP contribution < -0.4 is 0 Å². The van der Waals surface area contributed by atoms with Gasteiger partial charge >= 0.3 is 0 Å². The molecule has 1 N–H and O–H groups in total. The fraction of sp³-hybridized carbons (Fsp3) is 0.455. The Hall–Kier alpha value is -0.0600. The molecule has 82 valence electrons. The Bertz CT molecular complexity index is 383. The summed E-state index contributed by atoms with van der Waals surface area (Å²) < 4.78 is 13.8. The van der Waals surface area contributed by atoms with Crippen molar-refractivity contribution in [2.45, 2.75) is 30.5 Å². The predicted octanol–water partition coefficient (Wildman–Crippen LogP) is 3.65. The number of rotatable bonds is 0. The quantitative estimate of drug-likeness (QED) is 0.787. The van der Waals surface area contributed by atoms with Crippen LogP contribution in [0.4, 0.5) is 4.39 Å². The fourth-order valence-electron chi connectivity index (χ4n) is 1.80. The maximum Gasteiger partial charge on any atom is 0.137 e. The molecule has 1 aliphatic heterocycles. The third kappa shape index (κ3) is 2.22. The van der Waals surface area contributed by atoms with Crippen LogP contribution in [0.3, 0.4) is 0 Å². The summed E-state index contributed by atoms with van der Waals surface area (Å²) in [6, 6.07) is 3.10. The van der Waals surface area contributed by atoms with Crippen LogP contribution in [0.1, 0.15) is 30.6 Å². The van der Waals surface area contributed by atoms with Crippen molar-refractivity contribution in [3.63, 3.8) is 0 Å². The van der Waals surface area contributed by atoms with Gasteiger partial charge in [-0.05, 0) is 39.5 Å². The van der Waals surface area contributed by atoms with E-state index >= 15 is 0 Å². The molecule has 0 radical (unpaired) electrons. The van der Waals surface area contributed by atoms with Gasteiger partial charge < -0.3 is 5.11 Å². The van der Waals surface area contributed by atoms with E-state index in [9.17, 15) is 9.50 Å². The van der Waals surface area contributed by atoms with Gasteiger partial charge in [0.1, 0.15) is 5.82 Å². The summed E-state index contributed by atoms with van der Waals surface area (Å²) in [6.45, 7) is 2.09. The molecule has 0 bridgehead atoms. The molecule has 0 saturated heterocycles. The van der Waals surface area contributed by atoms with Gasteiger partial charge in [-0.3, -0.25) is 0 Å². The molecule has 0 saturated carbocycles. The molecule has 4 heteroatoms. The highest BCUT2D eigenvalue weighted by Gasteiger charge is 2.23. The number of aliphatic hydroxyl groups is 1. The first-order valence-electron chi connectivity index (χ1n) is 4.86. The molecule has 0 aliphatic carbocycles. The molecule has 0 spiro atoms. The topological polar surface area (TPSA) is 20.2 Å². The average molecular weight is 291 g/mol. The molecular weight excluding hydrogens is 279 g/mol. The summed E-state index contributed by atoms with van der Waals surface area (Å²) in [6.07, 6.45) is 0.261. The summed E-state index contributed by atoms with van der Waals surface area (Å²) in [4.78, 5) is 0. The maximum absolute atomic E-state index is 13.3. The predicted molar refractivity (Wildman–Crippen MR) is 64.4 cm³/mol. The Balaban J connectivity index is 2.48. The molecule has 1 nitrogen and oxygen atoms in total. The van der Waals surface area contributed by atoms with Crippen molar-refractivity contribution < 1.29 is 9.50 Å². The third-order valence-electron chi connectivity index (χ3n) is 2.66. The van der Waals surface area contributed by atoms with Crippen molar-refractivity contribution in [1.29, 1.82) is 0 Å². The summed E-state index contributed by atoms with van der Waals surface area (Å²) in [7, 11) is 0. The molecule has 1 unspecified atom stereocenters. The zero-order valence-corrected chi connectivity index (χ0v) is 10.7. The Morgan fingerprint density at radius 3 is 3.00 bits per heavy atom. The number of benzene rings is 1. The van der Waals surface area contributed by atoms with Crippen molar-refractivity contribution in [2.24, 2.45) is 0 Å². The van der Waals surface area contributed by atoms with Gasteiger partial charge in [-0.1, -0.05) is 13.0 Å². The lowest BCUT2D eigenvalue weighted by molar-refractivity contribution is 0.168. The monoisotopic (exact) mass is 290 g/mol. The van der Waals surface area contributed by atoms with Crippen molar-refractivity contribution in [1.82, 2.24) is 0 Å². The number of aliphatic hydroxyl groups excluding tert-OH is 1. The second-order valence-electron chi connectivity index (χ2n) is 3.80. The standard InChI is InChI=1S/C11H12BrFOS/c1-6-4-10(14)7-2-3-9(13)11(12)8(7)5-15-6/h2-3,6,10,14H,4-5H2,1H3/t6?,10-/m1/s1. The first-order chi connectivity index (χ1) is 7.09. The van der Waals surface area contributed by atoms with Gasteiger partial charge in [0.05, 0.1) is 10.6 Å². The minimum absolute atomic E-state index is 0.254. The molecular formula is C11H12BrFOS. The van der Waals surface area contributed by atoms with Gasteiger partial charge in [-0.2, -0.15) is 11.8 Å². The Kier molecular flexibility index (Phi) is 3.38. The van der Waals surface area contributed by atoms with Crippen LogP contribution in [0, 0.1) is 5.82 Å². The van der Waals surface area contributed by atoms with E-state index in [1.54, 1.807) is 17.8 Å². The average Bonchev–Trinajstić information content (AvgIpc) is 2.32. The Morgan fingerprint density at radius 1 is 1.53 bits per heavy atom. The van der Waals surface area contributed by atoms with Crippen LogP contribution in [0.5, 0.6) is 0 Å².